The van der Waals surface area contributed by atoms with Gasteiger partial charge < -0.3 is 0 Å². The monoisotopic (exact) mass is 446 g/mol. The molecule has 8 heteroatoms. The number of fused-ring (bicyclic) bond motifs is 1. The van der Waals surface area contributed by atoms with Crippen molar-refractivity contribution in [2.24, 2.45) is 0 Å². The first kappa shape index (κ1) is 21.0. The Hall–Kier alpha value is -2.22. The first-order chi connectivity index (χ1) is 14.4. The third-order valence-corrected chi connectivity index (χ3v) is 7.83. The summed E-state index contributed by atoms with van der Waals surface area (Å²) in [7, 11) is -3.62. The standard InChI is InChI=1S/C22H23ClN2O4S/c23-16-8-10-18(11-9-16)30(28,29)15-17(24-12-4-1-5-13-24)14-25-21(26)19-6-2-3-7-20(19)22(25)27/h2-3,6-11,17H,1,4-5,12-15H2. The zero-order chi connectivity index (χ0) is 21.3. The fourth-order valence-electron chi connectivity index (χ4n) is 4.16. The Labute approximate surface area is 181 Å². The Balaban J connectivity index is 1.60. The van der Waals surface area contributed by atoms with E-state index in [9.17, 15) is 18.0 Å². The van der Waals surface area contributed by atoms with Gasteiger partial charge in [0, 0.05) is 17.6 Å². The lowest BCUT2D eigenvalue weighted by Gasteiger charge is -2.36. The molecule has 2 aromatic rings. The van der Waals surface area contributed by atoms with Crippen molar-refractivity contribution >= 4 is 33.3 Å². The zero-order valence-electron chi connectivity index (χ0n) is 16.5. The van der Waals surface area contributed by atoms with Crippen LogP contribution in [0, 0.1) is 0 Å². The lowest BCUT2D eigenvalue weighted by atomic mass is 10.1. The first-order valence-corrected chi connectivity index (χ1v) is 12.1. The van der Waals surface area contributed by atoms with E-state index in [-0.39, 0.29) is 29.0 Å². The van der Waals surface area contributed by atoms with Gasteiger partial charge in [-0.05, 0) is 62.3 Å². The zero-order valence-corrected chi connectivity index (χ0v) is 18.0. The van der Waals surface area contributed by atoms with Gasteiger partial charge in [0.05, 0.1) is 21.8 Å². The van der Waals surface area contributed by atoms with E-state index in [0.29, 0.717) is 16.1 Å². The average molecular weight is 447 g/mol. The molecule has 158 valence electrons. The molecule has 1 unspecified atom stereocenters. The molecule has 0 aliphatic carbocycles. The smallest absolute Gasteiger partial charge is 0.261 e. The van der Waals surface area contributed by atoms with Gasteiger partial charge in [-0.3, -0.25) is 19.4 Å². The van der Waals surface area contributed by atoms with Crippen molar-refractivity contribution in [3.05, 3.63) is 64.7 Å². The van der Waals surface area contributed by atoms with Crippen LogP contribution in [0.2, 0.25) is 5.02 Å². The van der Waals surface area contributed by atoms with E-state index >= 15 is 0 Å². The quantitative estimate of drug-likeness (QED) is 0.636. The number of benzene rings is 2. The molecule has 4 rings (SSSR count). The maximum Gasteiger partial charge on any atom is 0.261 e. The van der Waals surface area contributed by atoms with E-state index in [1.165, 1.54) is 17.0 Å². The molecule has 0 aromatic heterocycles. The Morgan fingerprint density at radius 2 is 1.43 bits per heavy atom. The van der Waals surface area contributed by atoms with E-state index in [4.69, 9.17) is 11.6 Å². The minimum absolute atomic E-state index is 0.0547. The topological polar surface area (TPSA) is 74.8 Å². The Bertz CT molecular complexity index is 1030. The van der Waals surface area contributed by atoms with Crippen LogP contribution >= 0.6 is 11.6 Å². The van der Waals surface area contributed by atoms with E-state index in [1.807, 2.05) is 0 Å². The summed E-state index contributed by atoms with van der Waals surface area (Å²) < 4.78 is 26.2. The largest absolute Gasteiger partial charge is 0.298 e. The van der Waals surface area contributed by atoms with Crippen LogP contribution in [-0.2, 0) is 9.84 Å². The number of nitrogens with zero attached hydrogens (tertiary/aromatic N) is 2. The minimum atomic E-state index is -3.62. The molecule has 0 radical (unpaired) electrons. The average Bonchev–Trinajstić information content (AvgIpc) is 2.99. The number of amides is 2. The second kappa shape index (κ2) is 8.49. The number of likely N-dealkylation sites (tertiary alicyclic amines) is 1. The van der Waals surface area contributed by atoms with E-state index < -0.39 is 15.9 Å². The number of hydrogen-bond acceptors (Lipinski definition) is 5. The number of imide groups is 1. The van der Waals surface area contributed by atoms with Crippen molar-refractivity contribution in [3.8, 4) is 0 Å². The van der Waals surface area contributed by atoms with Gasteiger partial charge in [0.1, 0.15) is 0 Å². The third kappa shape index (κ3) is 4.15. The van der Waals surface area contributed by atoms with Crippen LogP contribution in [0.1, 0.15) is 40.0 Å². The first-order valence-electron chi connectivity index (χ1n) is 10.0. The summed E-state index contributed by atoms with van der Waals surface area (Å²) in [6.07, 6.45) is 3.04. The molecule has 2 aliphatic heterocycles. The molecule has 1 saturated heterocycles. The number of sulfone groups is 1. The number of hydrogen-bond donors (Lipinski definition) is 0. The highest BCUT2D eigenvalue weighted by Gasteiger charge is 2.39. The van der Waals surface area contributed by atoms with Gasteiger partial charge in [-0.25, -0.2) is 8.42 Å². The molecular formula is C22H23ClN2O4S. The SMILES string of the molecule is O=C1c2ccccc2C(=O)N1CC(CS(=O)(=O)c1ccc(Cl)cc1)N1CCCCC1. The predicted molar refractivity (Wildman–Crippen MR) is 115 cm³/mol. The van der Waals surface area contributed by atoms with Crippen LogP contribution in [-0.4, -0.2) is 61.5 Å². The van der Waals surface area contributed by atoms with Crippen LogP contribution < -0.4 is 0 Å². The number of halogens is 1. The highest BCUT2D eigenvalue weighted by Crippen LogP contribution is 2.25. The van der Waals surface area contributed by atoms with Gasteiger partial charge >= 0.3 is 0 Å². The summed E-state index contributed by atoms with van der Waals surface area (Å²) >= 11 is 5.89. The lowest BCUT2D eigenvalue weighted by Crippen LogP contribution is -2.50. The number of rotatable bonds is 6. The van der Waals surface area contributed by atoms with Crippen molar-refractivity contribution in [2.75, 3.05) is 25.4 Å². The third-order valence-electron chi connectivity index (χ3n) is 5.76. The number of carbonyl (C=O) groups is 2. The van der Waals surface area contributed by atoms with Gasteiger partial charge in [-0.1, -0.05) is 30.2 Å². The maximum absolute atomic E-state index is 13.1. The van der Waals surface area contributed by atoms with Crippen molar-refractivity contribution in [3.63, 3.8) is 0 Å². The Morgan fingerprint density at radius 3 is 2.00 bits per heavy atom. The van der Waals surface area contributed by atoms with E-state index in [2.05, 4.69) is 4.90 Å². The van der Waals surface area contributed by atoms with Gasteiger partial charge in [0.25, 0.3) is 11.8 Å². The Kier molecular flexibility index (Phi) is 5.95. The van der Waals surface area contributed by atoms with Gasteiger partial charge in [0.2, 0.25) is 0 Å². The van der Waals surface area contributed by atoms with Gasteiger partial charge in [0.15, 0.2) is 9.84 Å². The molecule has 6 nitrogen and oxygen atoms in total. The van der Waals surface area contributed by atoms with Crippen molar-refractivity contribution in [1.82, 2.24) is 9.80 Å². The fraction of sp³-hybridized carbons (Fsp3) is 0.364. The molecule has 2 aromatic carbocycles. The van der Waals surface area contributed by atoms with E-state index in [0.717, 1.165) is 32.4 Å². The highest BCUT2D eigenvalue weighted by molar-refractivity contribution is 7.91. The second-order valence-corrected chi connectivity index (χ2v) is 10.2. The summed E-state index contributed by atoms with van der Waals surface area (Å²) in [5.74, 6) is -0.884. The van der Waals surface area contributed by atoms with Gasteiger partial charge in [-0.2, -0.15) is 0 Å². The minimum Gasteiger partial charge on any atom is -0.298 e. The molecule has 2 amide bonds. The molecule has 0 N–H and O–H groups in total. The summed E-state index contributed by atoms with van der Waals surface area (Å²) in [4.78, 5) is 29.1. The summed E-state index contributed by atoms with van der Waals surface area (Å²) in [5, 5.41) is 0.465. The van der Waals surface area contributed by atoms with Crippen LogP contribution in [0.25, 0.3) is 0 Å². The lowest BCUT2D eigenvalue weighted by molar-refractivity contribution is 0.0586. The van der Waals surface area contributed by atoms with Crippen LogP contribution in [0.15, 0.2) is 53.4 Å². The summed E-state index contributed by atoms with van der Waals surface area (Å²) in [6.45, 7) is 1.56. The molecular weight excluding hydrogens is 424 g/mol. The number of piperidine rings is 1. The summed E-state index contributed by atoms with van der Waals surface area (Å²) in [5.41, 5.74) is 0.751. The number of carbonyl (C=O) groups excluding carboxylic acids is 2. The highest BCUT2D eigenvalue weighted by atomic mass is 35.5. The molecule has 1 fully saturated rings. The summed E-state index contributed by atoms with van der Waals surface area (Å²) in [6, 6.07) is 12.3. The molecule has 0 bridgehead atoms. The molecule has 1 atom stereocenters. The fourth-order valence-corrected chi connectivity index (χ4v) is 5.86. The van der Waals surface area contributed by atoms with Crippen LogP contribution in [0.3, 0.4) is 0 Å². The molecule has 2 heterocycles. The van der Waals surface area contributed by atoms with Crippen LogP contribution in [0.5, 0.6) is 0 Å². The maximum atomic E-state index is 13.1. The molecule has 2 aliphatic rings. The molecule has 30 heavy (non-hydrogen) atoms. The predicted octanol–water partition coefficient (Wildman–Crippen LogP) is 3.26. The van der Waals surface area contributed by atoms with Crippen LogP contribution in [0.4, 0.5) is 0 Å². The normalized spacial score (nSPS) is 18.5. The van der Waals surface area contributed by atoms with Gasteiger partial charge in [-0.15, -0.1) is 0 Å². The van der Waals surface area contributed by atoms with Crippen molar-refractivity contribution < 1.29 is 18.0 Å². The van der Waals surface area contributed by atoms with Crippen molar-refractivity contribution in [1.29, 1.82) is 0 Å². The van der Waals surface area contributed by atoms with E-state index in [1.54, 1.807) is 36.4 Å². The second-order valence-electron chi connectivity index (χ2n) is 7.75. The Morgan fingerprint density at radius 1 is 0.867 bits per heavy atom. The van der Waals surface area contributed by atoms with Crippen molar-refractivity contribution in [2.45, 2.75) is 30.2 Å². The molecule has 0 spiro atoms. The molecule has 0 saturated carbocycles.